The topological polar surface area (TPSA) is 86.8 Å². The van der Waals surface area contributed by atoms with E-state index in [4.69, 9.17) is 0 Å². The second-order valence-electron chi connectivity index (χ2n) is 10.1. The monoisotopic (exact) mass is 587 g/mol. The van der Waals surface area contributed by atoms with Crippen LogP contribution in [0, 0.1) is 19.7 Å². The zero-order valence-corrected chi connectivity index (χ0v) is 24.6. The van der Waals surface area contributed by atoms with Gasteiger partial charge in [0.25, 0.3) is 10.0 Å². The summed E-state index contributed by atoms with van der Waals surface area (Å²) in [6, 6.07) is 27.3. The number of rotatable bonds is 11. The zero-order valence-electron chi connectivity index (χ0n) is 23.8. The van der Waals surface area contributed by atoms with Crippen molar-refractivity contribution < 1.29 is 22.4 Å². The van der Waals surface area contributed by atoms with Gasteiger partial charge in [0.05, 0.1) is 10.6 Å². The number of amides is 2. The lowest BCUT2D eigenvalue weighted by Crippen LogP contribution is -2.53. The highest BCUT2D eigenvalue weighted by Crippen LogP contribution is 2.27. The molecule has 0 aliphatic rings. The number of carbonyl (C=O) groups is 2. The summed E-state index contributed by atoms with van der Waals surface area (Å²) in [5, 5.41) is 2.62. The van der Waals surface area contributed by atoms with E-state index in [-0.39, 0.29) is 23.4 Å². The van der Waals surface area contributed by atoms with Gasteiger partial charge < -0.3 is 10.2 Å². The molecule has 0 spiro atoms. The maximum absolute atomic E-state index is 14.9. The molecule has 9 heteroatoms. The molecule has 218 valence electrons. The fourth-order valence-corrected chi connectivity index (χ4v) is 6.29. The summed E-state index contributed by atoms with van der Waals surface area (Å²) < 4.78 is 43.9. The van der Waals surface area contributed by atoms with Gasteiger partial charge in [0.15, 0.2) is 0 Å². The SMILES string of the molecule is CNC(=O)[C@H](Cc1ccccc1)N(Cc1ccccc1F)C(=O)CN(c1cc(C)cc(C)c1)S(=O)(=O)c1ccccc1. The summed E-state index contributed by atoms with van der Waals surface area (Å²) in [6.07, 6.45) is 0.149. The summed E-state index contributed by atoms with van der Waals surface area (Å²) in [6.45, 7) is 2.86. The number of halogens is 1. The van der Waals surface area contributed by atoms with E-state index in [1.807, 2.05) is 50.2 Å². The van der Waals surface area contributed by atoms with Crippen molar-refractivity contribution in [3.05, 3.63) is 131 Å². The largest absolute Gasteiger partial charge is 0.357 e. The molecule has 0 bridgehead atoms. The first-order valence-electron chi connectivity index (χ1n) is 13.5. The molecule has 2 amide bonds. The lowest BCUT2D eigenvalue weighted by atomic mass is 10.0. The number of anilines is 1. The molecule has 0 unspecified atom stereocenters. The van der Waals surface area contributed by atoms with Crippen LogP contribution in [-0.2, 0) is 32.6 Å². The van der Waals surface area contributed by atoms with Gasteiger partial charge in [-0.3, -0.25) is 13.9 Å². The Hall–Kier alpha value is -4.50. The van der Waals surface area contributed by atoms with Gasteiger partial charge >= 0.3 is 0 Å². The Morgan fingerprint density at radius 2 is 1.40 bits per heavy atom. The van der Waals surface area contributed by atoms with Crippen LogP contribution >= 0.6 is 0 Å². The fraction of sp³-hybridized carbons (Fsp3) is 0.212. The minimum atomic E-state index is -4.20. The van der Waals surface area contributed by atoms with E-state index in [2.05, 4.69) is 5.32 Å². The highest BCUT2D eigenvalue weighted by molar-refractivity contribution is 7.92. The Morgan fingerprint density at radius 1 is 0.833 bits per heavy atom. The zero-order chi connectivity index (χ0) is 30.3. The number of carbonyl (C=O) groups excluding carboxylic acids is 2. The van der Waals surface area contributed by atoms with Gasteiger partial charge in [0.1, 0.15) is 18.4 Å². The second kappa shape index (κ2) is 13.4. The third kappa shape index (κ3) is 7.22. The highest BCUT2D eigenvalue weighted by atomic mass is 32.2. The number of benzene rings is 4. The standard InChI is InChI=1S/C33H34FN3O4S/c1-24-18-25(2)20-28(19-24)37(42(40,41)29-15-8-5-9-16-29)23-32(38)36(22-27-14-10-11-17-30(27)34)31(33(39)35-3)21-26-12-6-4-7-13-26/h4-20,31H,21-23H2,1-3H3,(H,35,39)/t31-/m0/s1. The van der Waals surface area contributed by atoms with Crippen LogP contribution in [0.15, 0.2) is 108 Å². The van der Waals surface area contributed by atoms with Crippen molar-refractivity contribution in [2.45, 2.75) is 37.8 Å². The van der Waals surface area contributed by atoms with Crippen LogP contribution in [0.25, 0.3) is 0 Å². The van der Waals surface area contributed by atoms with E-state index in [9.17, 15) is 22.4 Å². The minimum Gasteiger partial charge on any atom is -0.357 e. The lowest BCUT2D eigenvalue weighted by molar-refractivity contribution is -0.139. The summed E-state index contributed by atoms with van der Waals surface area (Å²) in [7, 11) is -2.73. The van der Waals surface area contributed by atoms with Crippen LogP contribution in [0.5, 0.6) is 0 Å². The molecular weight excluding hydrogens is 553 g/mol. The van der Waals surface area contributed by atoms with Crippen molar-refractivity contribution >= 4 is 27.5 Å². The first-order valence-corrected chi connectivity index (χ1v) is 15.0. The molecule has 0 heterocycles. The highest BCUT2D eigenvalue weighted by Gasteiger charge is 2.34. The average Bonchev–Trinajstić information content (AvgIpc) is 2.98. The Kier molecular flexibility index (Phi) is 9.75. The summed E-state index contributed by atoms with van der Waals surface area (Å²) in [5.41, 5.74) is 2.95. The van der Waals surface area contributed by atoms with Crippen LogP contribution in [0.3, 0.4) is 0 Å². The molecule has 0 aromatic heterocycles. The predicted molar refractivity (Wildman–Crippen MR) is 162 cm³/mol. The molecule has 0 saturated carbocycles. The molecule has 42 heavy (non-hydrogen) atoms. The van der Waals surface area contributed by atoms with Crippen molar-refractivity contribution in [3.8, 4) is 0 Å². The number of nitrogens with zero attached hydrogens (tertiary/aromatic N) is 2. The van der Waals surface area contributed by atoms with Crippen LogP contribution in [0.1, 0.15) is 22.3 Å². The lowest BCUT2D eigenvalue weighted by Gasteiger charge is -2.33. The maximum Gasteiger partial charge on any atom is 0.264 e. The quantitative estimate of drug-likeness (QED) is 0.267. The number of hydrogen-bond donors (Lipinski definition) is 1. The van der Waals surface area contributed by atoms with Crippen molar-refractivity contribution in [2.75, 3.05) is 17.9 Å². The van der Waals surface area contributed by atoms with Crippen molar-refractivity contribution in [1.82, 2.24) is 10.2 Å². The number of hydrogen-bond acceptors (Lipinski definition) is 4. The van der Waals surface area contributed by atoms with E-state index < -0.39 is 40.2 Å². The van der Waals surface area contributed by atoms with Crippen LogP contribution in [-0.4, -0.2) is 44.8 Å². The van der Waals surface area contributed by atoms with Crippen LogP contribution in [0.2, 0.25) is 0 Å². The molecule has 4 aromatic carbocycles. The molecule has 0 aliphatic heterocycles. The Labute approximate surface area is 246 Å². The fourth-order valence-electron chi connectivity index (χ4n) is 4.87. The van der Waals surface area contributed by atoms with Crippen molar-refractivity contribution in [3.63, 3.8) is 0 Å². The Bertz CT molecular complexity index is 1630. The molecule has 0 radical (unpaired) electrons. The van der Waals surface area contributed by atoms with E-state index in [1.54, 1.807) is 48.5 Å². The summed E-state index contributed by atoms with van der Waals surface area (Å²) in [5.74, 6) is -1.64. The Balaban J connectivity index is 1.81. The second-order valence-corrected chi connectivity index (χ2v) is 12.0. The maximum atomic E-state index is 14.9. The molecular formula is C33H34FN3O4S. The number of sulfonamides is 1. The van der Waals surface area contributed by atoms with E-state index in [1.165, 1.54) is 30.1 Å². The minimum absolute atomic E-state index is 0.0183. The Morgan fingerprint density at radius 3 is 2.00 bits per heavy atom. The van der Waals surface area contributed by atoms with Gasteiger partial charge in [0.2, 0.25) is 11.8 Å². The first kappa shape index (κ1) is 30.5. The number of likely N-dealkylation sites (N-methyl/N-ethyl adjacent to an activating group) is 1. The van der Waals surface area contributed by atoms with Crippen LogP contribution < -0.4 is 9.62 Å². The smallest absolute Gasteiger partial charge is 0.264 e. The summed E-state index contributed by atoms with van der Waals surface area (Å²) >= 11 is 0. The molecule has 4 aromatic rings. The van der Waals surface area contributed by atoms with E-state index in [0.717, 1.165) is 21.0 Å². The molecule has 0 fully saturated rings. The van der Waals surface area contributed by atoms with Gasteiger partial charge in [-0.15, -0.1) is 0 Å². The number of nitrogens with one attached hydrogen (secondary N) is 1. The van der Waals surface area contributed by atoms with Crippen molar-refractivity contribution in [2.24, 2.45) is 0 Å². The normalized spacial score (nSPS) is 11.9. The van der Waals surface area contributed by atoms with Crippen LogP contribution in [0.4, 0.5) is 10.1 Å². The van der Waals surface area contributed by atoms with E-state index >= 15 is 0 Å². The van der Waals surface area contributed by atoms with Gasteiger partial charge in [-0.2, -0.15) is 0 Å². The van der Waals surface area contributed by atoms with Crippen molar-refractivity contribution in [1.29, 1.82) is 0 Å². The molecule has 0 saturated heterocycles. The molecule has 7 nitrogen and oxygen atoms in total. The molecule has 4 rings (SSSR count). The third-order valence-corrected chi connectivity index (χ3v) is 8.71. The predicted octanol–water partition coefficient (Wildman–Crippen LogP) is 5.02. The van der Waals surface area contributed by atoms with Gasteiger partial charge in [-0.1, -0.05) is 72.8 Å². The summed E-state index contributed by atoms with van der Waals surface area (Å²) in [4.78, 5) is 28.8. The van der Waals surface area contributed by atoms with E-state index in [0.29, 0.717) is 5.69 Å². The molecule has 1 atom stereocenters. The van der Waals surface area contributed by atoms with Gasteiger partial charge in [0, 0.05) is 25.6 Å². The third-order valence-electron chi connectivity index (χ3n) is 6.92. The van der Waals surface area contributed by atoms with Gasteiger partial charge in [-0.25, -0.2) is 12.8 Å². The average molecular weight is 588 g/mol. The molecule has 1 N–H and O–H groups in total. The first-order chi connectivity index (χ1) is 20.1. The number of aryl methyl sites for hydroxylation is 2. The van der Waals surface area contributed by atoms with Gasteiger partial charge in [-0.05, 0) is 60.9 Å². The molecule has 0 aliphatic carbocycles.